The van der Waals surface area contributed by atoms with Gasteiger partial charge in [0.15, 0.2) is 0 Å². The van der Waals surface area contributed by atoms with Crippen molar-refractivity contribution in [2.45, 2.75) is 82.4 Å². The highest BCUT2D eigenvalue weighted by atomic mass is 35.5. The number of nitrogens with one attached hydrogen (secondary N) is 1. The molecule has 5 fully saturated rings. The van der Waals surface area contributed by atoms with Gasteiger partial charge in [-0.2, -0.15) is 0 Å². The lowest BCUT2D eigenvalue weighted by Gasteiger charge is -2.64. The number of benzene rings is 2. The quantitative estimate of drug-likeness (QED) is 0.310. The molecule has 3 aliphatic carbocycles. The van der Waals surface area contributed by atoms with E-state index in [2.05, 4.69) is 25.5 Å². The van der Waals surface area contributed by atoms with Gasteiger partial charge in [-0.05, 0) is 91.2 Å². The second-order valence-corrected chi connectivity index (χ2v) is 15.3. The van der Waals surface area contributed by atoms with Crippen LogP contribution in [-0.2, 0) is 36.2 Å². The van der Waals surface area contributed by atoms with Crippen LogP contribution < -0.4 is 4.72 Å². The predicted molar refractivity (Wildman–Crippen MR) is 159 cm³/mol. The molecule has 2 bridgehead atoms. The third kappa shape index (κ3) is 4.87. The largest absolute Gasteiger partial charge is 0.477 e. The van der Waals surface area contributed by atoms with Crippen LogP contribution in [0.25, 0.3) is 11.0 Å². The van der Waals surface area contributed by atoms with Crippen molar-refractivity contribution in [1.82, 2.24) is 4.72 Å². The van der Waals surface area contributed by atoms with Crippen molar-refractivity contribution in [1.29, 1.82) is 0 Å². The van der Waals surface area contributed by atoms with Gasteiger partial charge in [-0.15, -0.1) is 0 Å². The Balaban J connectivity index is 1.19. The molecule has 3 aromatic rings. The molecule has 2 aliphatic heterocycles. The summed E-state index contributed by atoms with van der Waals surface area (Å²) in [5.41, 5.74) is 2.94. The highest BCUT2D eigenvalue weighted by molar-refractivity contribution is 7.88. The van der Waals surface area contributed by atoms with Gasteiger partial charge in [0.2, 0.25) is 10.0 Å². The number of furan rings is 1. The van der Waals surface area contributed by atoms with Crippen LogP contribution in [0, 0.1) is 17.3 Å². The van der Waals surface area contributed by atoms with E-state index in [9.17, 15) is 8.42 Å². The van der Waals surface area contributed by atoms with Crippen LogP contribution in [0.4, 0.5) is 0 Å². The summed E-state index contributed by atoms with van der Waals surface area (Å²) in [6.45, 7) is 7.46. The molecule has 1 aromatic heterocycles. The number of fused-ring (bicyclic) bond motifs is 1. The maximum atomic E-state index is 13.9. The van der Waals surface area contributed by atoms with E-state index in [0.717, 1.165) is 47.8 Å². The molecule has 5 aliphatic rings. The fourth-order valence-corrected chi connectivity index (χ4v) is 9.60. The van der Waals surface area contributed by atoms with Gasteiger partial charge < -0.3 is 18.5 Å². The van der Waals surface area contributed by atoms with E-state index in [1.807, 2.05) is 30.3 Å². The van der Waals surface area contributed by atoms with Gasteiger partial charge in [0.25, 0.3) is 0 Å². The summed E-state index contributed by atoms with van der Waals surface area (Å²) in [7, 11) is -4.55. The monoisotopic (exact) mass is 597 g/mol. The van der Waals surface area contributed by atoms with E-state index in [1.165, 1.54) is 0 Å². The fourth-order valence-electron chi connectivity index (χ4n) is 8.01. The summed E-state index contributed by atoms with van der Waals surface area (Å²) < 4.78 is 55.8. The third-order valence-electron chi connectivity index (χ3n) is 10.4. The van der Waals surface area contributed by atoms with Crippen molar-refractivity contribution in [3.63, 3.8) is 0 Å². The number of hydrogen-bond acceptors (Lipinski definition) is 6. The fraction of sp³-hybridized carbons (Fsp3) is 0.548. The minimum absolute atomic E-state index is 0.0589. The highest BCUT2D eigenvalue weighted by Crippen LogP contribution is 2.65. The molecule has 0 spiro atoms. The number of sulfonamides is 1. The summed E-state index contributed by atoms with van der Waals surface area (Å²) in [4.78, 5) is 0. The maximum absolute atomic E-state index is 13.9. The van der Waals surface area contributed by atoms with Gasteiger partial charge in [0, 0.05) is 17.0 Å². The van der Waals surface area contributed by atoms with Crippen molar-refractivity contribution in [2.24, 2.45) is 17.3 Å². The Morgan fingerprint density at radius 3 is 2.73 bits per heavy atom. The zero-order valence-corrected chi connectivity index (χ0v) is 25.3. The van der Waals surface area contributed by atoms with E-state index in [0.29, 0.717) is 35.4 Å². The average Bonchev–Trinajstić information content (AvgIpc) is 3.66. The number of halogens is 1. The number of ether oxygens (including phenoxy) is 1. The predicted octanol–water partition coefficient (Wildman–Crippen LogP) is 6.24. The van der Waals surface area contributed by atoms with Crippen molar-refractivity contribution in [3.05, 3.63) is 70.4 Å². The molecule has 2 aromatic carbocycles. The molecule has 0 radical (unpaired) electrons. The van der Waals surface area contributed by atoms with Gasteiger partial charge in [-0.1, -0.05) is 49.7 Å². The Hall–Kier alpha value is -1.88. The van der Waals surface area contributed by atoms with E-state index >= 15 is 0 Å². The summed E-state index contributed by atoms with van der Waals surface area (Å²) in [6, 6.07) is 13.2. The van der Waals surface area contributed by atoms with E-state index < -0.39 is 28.7 Å². The van der Waals surface area contributed by atoms with Crippen molar-refractivity contribution >= 4 is 39.7 Å². The standard InChI is InChI=1S/C31H37BClNO6S/c1-30(2)21-15-27(30)31(3)28(16-21)39-32(40-31)29(14-19-17-38-26-8-5-4-7-23(19)26)34-41(35,36)18-20-13-22(33)10-11-24(20)25-9-6-12-37-25/h4-5,7-8,10-11,13,17,21,25,27-29,34H,6,9,12,14-16,18H2,1-3H3/t21-,25?,27-,28+,29-,31-/m0/s1. The van der Waals surface area contributed by atoms with Crippen LogP contribution in [0.1, 0.15) is 69.2 Å². The number of para-hydroxylation sites is 1. The highest BCUT2D eigenvalue weighted by Gasteiger charge is 2.68. The van der Waals surface area contributed by atoms with Crippen molar-refractivity contribution in [2.75, 3.05) is 6.61 Å². The Morgan fingerprint density at radius 1 is 1.12 bits per heavy atom. The maximum Gasteiger partial charge on any atom is 0.477 e. The van der Waals surface area contributed by atoms with Crippen molar-refractivity contribution in [3.8, 4) is 0 Å². The molecule has 10 heteroatoms. The van der Waals surface area contributed by atoms with Crippen LogP contribution in [0.15, 0.2) is 53.1 Å². The van der Waals surface area contributed by atoms with Crippen LogP contribution >= 0.6 is 11.6 Å². The van der Waals surface area contributed by atoms with Crippen LogP contribution in [0.5, 0.6) is 0 Å². The van der Waals surface area contributed by atoms with Gasteiger partial charge in [0.05, 0.1) is 35.8 Å². The second kappa shape index (κ2) is 10.1. The molecule has 218 valence electrons. The van der Waals surface area contributed by atoms with Crippen LogP contribution in [0.2, 0.25) is 5.02 Å². The SMILES string of the molecule is CC1(C)[C@@H]2C[C@H]3OB([C@H](Cc4coc5ccccc45)NS(=O)(=O)Cc4cc(Cl)ccc4C4CCCO4)O[C@@]3(C)[C@H]1C2. The Labute approximate surface area is 247 Å². The zero-order valence-electron chi connectivity index (χ0n) is 23.8. The molecular formula is C31H37BClNO6S. The van der Waals surface area contributed by atoms with E-state index in [1.54, 1.807) is 18.4 Å². The van der Waals surface area contributed by atoms with E-state index in [4.69, 9.17) is 30.1 Å². The minimum atomic E-state index is -3.83. The Bertz CT molecular complexity index is 1570. The molecule has 41 heavy (non-hydrogen) atoms. The lowest BCUT2D eigenvalue weighted by atomic mass is 9.43. The zero-order chi connectivity index (χ0) is 28.6. The van der Waals surface area contributed by atoms with Gasteiger partial charge in [-0.3, -0.25) is 0 Å². The first-order valence-corrected chi connectivity index (χ1v) is 16.7. The normalized spacial score (nSPS) is 31.3. The summed E-state index contributed by atoms with van der Waals surface area (Å²) in [5, 5.41) is 1.46. The average molecular weight is 598 g/mol. The van der Waals surface area contributed by atoms with Crippen LogP contribution in [0.3, 0.4) is 0 Å². The molecule has 1 unspecified atom stereocenters. The molecule has 3 heterocycles. The lowest BCUT2D eigenvalue weighted by Crippen LogP contribution is -2.65. The molecule has 6 atom stereocenters. The minimum Gasteiger partial charge on any atom is -0.464 e. The lowest BCUT2D eigenvalue weighted by molar-refractivity contribution is -0.199. The molecule has 2 saturated heterocycles. The summed E-state index contributed by atoms with van der Waals surface area (Å²) in [5.74, 6) is 0.113. The van der Waals surface area contributed by atoms with E-state index in [-0.39, 0.29) is 23.4 Å². The molecule has 8 rings (SSSR count). The van der Waals surface area contributed by atoms with Crippen molar-refractivity contribution < 1.29 is 26.9 Å². The number of hydrogen-bond donors (Lipinski definition) is 1. The van der Waals surface area contributed by atoms with Gasteiger partial charge in [0.1, 0.15) is 5.58 Å². The third-order valence-corrected chi connectivity index (χ3v) is 11.9. The Morgan fingerprint density at radius 2 is 1.95 bits per heavy atom. The second-order valence-electron chi connectivity index (χ2n) is 13.1. The smallest absolute Gasteiger partial charge is 0.464 e. The summed E-state index contributed by atoms with van der Waals surface area (Å²) >= 11 is 6.33. The first-order valence-electron chi connectivity index (χ1n) is 14.7. The molecule has 3 saturated carbocycles. The Kier molecular flexibility index (Phi) is 6.88. The number of rotatable bonds is 8. The van der Waals surface area contributed by atoms with Gasteiger partial charge >= 0.3 is 7.12 Å². The molecular weight excluding hydrogens is 561 g/mol. The topological polar surface area (TPSA) is 87.0 Å². The molecule has 0 amide bonds. The summed E-state index contributed by atoms with van der Waals surface area (Å²) in [6.07, 6.45) is 5.77. The van der Waals surface area contributed by atoms with Gasteiger partial charge in [-0.25, -0.2) is 13.1 Å². The molecule has 1 N–H and O–H groups in total. The first-order chi connectivity index (χ1) is 19.5. The first kappa shape index (κ1) is 27.9. The van der Waals surface area contributed by atoms with Crippen LogP contribution in [-0.4, -0.2) is 39.8 Å². The molecule has 7 nitrogen and oxygen atoms in total.